The summed E-state index contributed by atoms with van der Waals surface area (Å²) >= 11 is 0. The standard InChI is InChI=1S/C13H24N2O2/c1-13(2)10-15(6-5-14-13)12(16)9-11-3-7-17-8-4-11/h11,14H,3-10H2,1-2H3. The molecule has 0 aromatic heterocycles. The van der Waals surface area contributed by atoms with Gasteiger partial charge in [-0.2, -0.15) is 0 Å². The fourth-order valence-corrected chi connectivity index (χ4v) is 2.68. The lowest BCUT2D eigenvalue weighted by Crippen LogP contribution is -2.58. The molecule has 4 nitrogen and oxygen atoms in total. The normalized spacial score (nSPS) is 25.9. The first-order valence-electron chi connectivity index (χ1n) is 6.67. The van der Waals surface area contributed by atoms with Crippen molar-refractivity contribution in [1.29, 1.82) is 0 Å². The molecule has 2 fully saturated rings. The van der Waals surface area contributed by atoms with Crippen LogP contribution in [0.25, 0.3) is 0 Å². The second kappa shape index (κ2) is 5.36. The van der Waals surface area contributed by atoms with E-state index in [1.165, 1.54) is 0 Å². The Kier molecular flexibility index (Phi) is 4.05. The van der Waals surface area contributed by atoms with Gasteiger partial charge >= 0.3 is 0 Å². The summed E-state index contributed by atoms with van der Waals surface area (Å²) in [6, 6.07) is 0. The Balaban J connectivity index is 1.82. The predicted molar refractivity (Wildman–Crippen MR) is 66.8 cm³/mol. The highest BCUT2D eigenvalue weighted by atomic mass is 16.5. The van der Waals surface area contributed by atoms with Crippen molar-refractivity contribution in [2.45, 2.75) is 38.6 Å². The summed E-state index contributed by atoms with van der Waals surface area (Å²) in [7, 11) is 0. The highest BCUT2D eigenvalue weighted by Gasteiger charge is 2.29. The number of hydrogen-bond acceptors (Lipinski definition) is 3. The van der Waals surface area contributed by atoms with Crippen molar-refractivity contribution in [2.75, 3.05) is 32.8 Å². The van der Waals surface area contributed by atoms with E-state index in [1.807, 2.05) is 4.90 Å². The molecule has 4 heteroatoms. The highest BCUT2D eigenvalue weighted by molar-refractivity contribution is 5.76. The molecule has 1 N–H and O–H groups in total. The number of carbonyl (C=O) groups excluding carboxylic acids is 1. The van der Waals surface area contributed by atoms with Crippen molar-refractivity contribution in [3.8, 4) is 0 Å². The average Bonchev–Trinajstić information content (AvgIpc) is 2.29. The van der Waals surface area contributed by atoms with Gasteiger partial charge in [0.05, 0.1) is 0 Å². The van der Waals surface area contributed by atoms with Gasteiger partial charge in [-0.25, -0.2) is 0 Å². The highest BCUT2D eigenvalue weighted by Crippen LogP contribution is 2.20. The number of carbonyl (C=O) groups is 1. The molecular formula is C13H24N2O2. The van der Waals surface area contributed by atoms with Crippen LogP contribution in [0.5, 0.6) is 0 Å². The third-order valence-electron chi connectivity index (χ3n) is 3.73. The van der Waals surface area contributed by atoms with Crippen molar-refractivity contribution >= 4 is 5.91 Å². The molecule has 0 aromatic carbocycles. The average molecular weight is 240 g/mol. The molecule has 2 rings (SSSR count). The fourth-order valence-electron chi connectivity index (χ4n) is 2.68. The number of piperazine rings is 1. The summed E-state index contributed by atoms with van der Waals surface area (Å²) in [5, 5.41) is 3.43. The number of nitrogens with one attached hydrogen (secondary N) is 1. The number of rotatable bonds is 2. The zero-order valence-corrected chi connectivity index (χ0v) is 11.0. The van der Waals surface area contributed by atoms with Gasteiger partial charge in [0.15, 0.2) is 0 Å². The second-order valence-corrected chi connectivity index (χ2v) is 5.89. The summed E-state index contributed by atoms with van der Waals surface area (Å²) < 4.78 is 5.32. The molecule has 0 spiro atoms. The van der Waals surface area contributed by atoms with Crippen LogP contribution in [0.1, 0.15) is 33.1 Å². The zero-order chi connectivity index (χ0) is 12.3. The SMILES string of the molecule is CC1(C)CN(C(=O)CC2CCOCC2)CCN1. The lowest BCUT2D eigenvalue weighted by atomic mass is 9.95. The number of ether oxygens (including phenoxy) is 1. The first kappa shape index (κ1) is 12.8. The van der Waals surface area contributed by atoms with Crippen molar-refractivity contribution < 1.29 is 9.53 Å². The van der Waals surface area contributed by atoms with Crippen molar-refractivity contribution in [2.24, 2.45) is 5.92 Å². The molecular weight excluding hydrogens is 216 g/mol. The van der Waals surface area contributed by atoms with E-state index in [4.69, 9.17) is 4.74 Å². The van der Waals surface area contributed by atoms with Crippen LogP contribution in [0.3, 0.4) is 0 Å². The molecule has 2 heterocycles. The Morgan fingerprint density at radius 1 is 1.41 bits per heavy atom. The minimum atomic E-state index is 0.0591. The topological polar surface area (TPSA) is 41.6 Å². The summed E-state index contributed by atoms with van der Waals surface area (Å²) in [6.45, 7) is 8.55. The largest absolute Gasteiger partial charge is 0.381 e. The van der Waals surface area contributed by atoms with Gasteiger partial charge in [0.25, 0.3) is 0 Å². The van der Waals surface area contributed by atoms with Gasteiger partial charge in [-0.05, 0) is 32.6 Å². The predicted octanol–water partition coefficient (Wildman–Crippen LogP) is 1.01. The van der Waals surface area contributed by atoms with E-state index >= 15 is 0 Å². The van der Waals surface area contributed by atoms with Gasteiger partial charge in [0, 0.05) is 44.8 Å². The van der Waals surface area contributed by atoms with Crippen LogP contribution in [0.2, 0.25) is 0 Å². The Hall–Kier alpha value is -0.610. The van der Waals surface area contributed by atoms with Gasteiger partial charge < -0.3 is 15.0 Å². The fraction of sp³-hybridized carbons (Fsp3) is 0.923. The molecule has 0 unspecified atom stereocenters. The first-order chi connectivity index (χ1) is 8.07. The van der Waals surface area contributed by atoms with Gasteiger partial charge in [-0.3, -0.25) is 4.79 Å². The second-order valence-electron chi connectivity index (χ2n) is 5.89. The van der Waals surface area contributed by atoms with E-state index < -0.39 is 0 Å². The summed E-state index contributed by atoms with van der Waals surface area (Å²) in [4.78, 5) is 14.2. The van der Waals surface area contributed by atoms with Crippen LogP contribution in [-0.2, 0) is 9.53 Å². The zero-order valence-electron chi connectivity index (χ0n) is 11.0. The van der Waals surface area contributed by atoms with Gasteiger partial charge in [-0.1, -0.05) is 0 Å². The Morgan fingerprint density at radius 3 is 2.76 bits per heavy atom. The third kappa shape index (κ3) is 3.68. The van der Waals surface area contributed by atoms with E-state index in [0.29, 0.717) is 18.2 Å². The number of hydrogen-bond donors (Lipinski definition) is 1. The van der Waals surface area contributed by atoms with E-state index in [1.54, 1.807) is 0 Å². The minimum absolute atomic E-state index is 0.0591. The number of amides is 1. The Labute approximate surface area is 104 Å². The molecule has 2 aliphatic rings. The minimum Gasteiger partial charge on any atom is -0.381 e. The van der Waals surface area contributed by atoms with Crippen LogP contribution in [0.4, 0.5) is 0 Å². The van der Waals surface area contributed by atoms with Crippen LogP contribution in [-0.4, -0.2) is 49.2 Å². The number of nitrogens with zero attached hydrogens (tertiary/aromatic N) is 1. The molecule has 17 heavy (non-hydrogen) atoms. The lowest BCUT2D eigenvalue weighted by molar-refractivity contribution is -0.134. The summed E-state index contributed by atoms with van der Waals surface area (Å²) in [5.74, 6) is 0.862. The Bertz CT molecular complexity index is 273. The van der Waals surface area contributed by atoms with Crippen LogP contribution in [0.15, 0.2) is 0 Å². The van der Waals surface area contributed by atoms with Crippen molar-refractivity contribution in [1.82, 2.24) is 10.2 Å². The molecule has 0 aliphatic carbocycles. The first-order valence-corrected chi connectivity index (χ1v) is 6.67. The molecule has 0 aromatic rings. The summed E-state index contributed by atoms with van der Waals surface area (Å²) in [5.41, 5.74) is 0.0591. The molecule has 0 atom stereocenters. The van der Waals surface area contributed by atoms with Crippen LogP contribution < -0.4 is 5.32 Å². The molecule has 0 saturated carbocycles. The van der Waals surface area contributed by atoms with Crippen LogP contribution >= 0.6 is 0 Å². The Morgan fingerprint density at radius 2 is 2.12 bits per heavy atom. The maximum atomic E-state index is 12.2. The smallest absolute Gasteiger partial charge is 0.222 e. The van der Waals surface area contributed by atoms with Gasteiger partial charge in [0.2, 0.25) is 5.91 Å². The third-order valence-corrected chi connectivity index (χ3v) is 3.73. The molecule has 98 valence electrons. The maximum Gasteiger partial charge on any atom is 0.222 e. The quantitative estimate of drug-likeness (QED) is 0.783. The molecule has 2 saturated heterocycles. The molecule has 1 amide bonds. The molecule has 0 bridgehead atoms. The van der Waals surface area contributed by atoms with E-state index in [9.17, 15) is 4.79 Å². The van der Waals surface area contributed by atoms with E-state index in [-0.39, 0.29) is 5.54 Å². The monoisotopic (exact) mass is 240 g/mol. The van der Waals surface area contributed by atoms with Crippen molar-refractivity contribution in [3.05, 3.63) is 0 Å². The molecule has 2 aliphatic heterocycles. The summed E-state index contributed by atoms with van der Waals surface area (Å²) in [6.07, 6.45) is 2.79. The van der Waals surface area contributed by atoms with E-state index in [2.05, 4.69) is 19.2 Å². The van der Waals surface area contributed by atoms with E-state index in [0.717, 1.165) is 45.7 Å². The molecule has 0 radical (unpaired) electrons. The van der Waals surface area contributed by atoms with Gasteiger partial charge in [-0.15, -0.1) is 0 Å². The maximum absolute atomic E-state index is 12.2. The van der Waals surface area contributed by atoms with Crippen LogP contribution in [0, 0.1) is 5.92 Å². The van der Waals surface area contributed by atoms with Gasteiger partial charge in [0.1, 0.15) is 0 Å². The van der Waals surface area contributed by atoms with Crippen molar-refractivity contribution in [3.63, 3.8) is 0 Å². The lowest BCUT2D eigenvalue weighted by Gasteiger charge is -2.39.